The molecule has 0 spiro atoms. The second kappa shape index (κ2) is 7.08. The van der Waals surface area contributed by atoms with E-state index in [2.05, 4.69) is 10.3 Å². The molecule has 1 heterocycles. The number of carbonyl (C=O) groups is 1. The van der Waals surface area contributed by atoms with Crippen molar-refractivity contribution in [1.29, 1.82) is 0 Å². The first kappa shape index (κ1) is 19.0. The van der Waals surface area contributed by atoms with Crippen LogP contribution in [0.2, 0.25) is 5.02 Å². The van der Waals surface area contributed by atoms with Crippen LogP contribution in [0.5, 0.6) is 5.75 Å². The lowest BCUT2D eigenvalue weighted by Crippen LogP contribution is -2.15. The van der Waals surface area contributed by atoms with E-state index in [9.17, 15) is 18.0 Å². The zero-order valence-corrected chi connectivity index (χ0v) is 15.1. The molecular weight excluding hydrogens is 381 g/mol. The van der Waals surface area contributed by atoms with E-state index in [1.165, 1.54) is 13.2 Å². The molecule has 1 aromatic heterocycles. The highest BCUT2D eigenvalue weighted by Gasteiger charge is 2.33. The lowest BCUT2D eigenvalue weighted by atomic mass is 10.1. The van der Waals surface area contributed by atoms with E-state index in [4.69, 9.17) is 16.3 Å². The van der Waals surface area contributed by atoms with Crippen LogP contribution >= 0.6 is 11.6 Å². The minimum atomic E-state index is -4.62. The number of halogens is 4. The van der Waals surface area contributed by atoms with Gasteiger partial charge in [-0.2, -0.15) is 13.2 Å². The van der Waals surface area contributed by atoms with Crippen LogP contribution in [-0.2, 0) is 6.18 Å². The highest BCUT2D eigenvalue weighted by atomic mass is 35.5. The molecule has 8 heteroatoms. The van der Waals surface area contributed by atoms with Gasteiger partial charge < -0.3 is 10.1 Å². The van der Waals surface area contributed by atoms with Crippen LogP contribution in [0.3, 0.4) is 0 Å². The topological polar surface area (TPSA) is 51.2 Å². The van der Waals surface area contributed by atoms with Crippen LogP contribution in [0.4, 0.5) is 18.9 Å². The summed E-state index contributed by atoms with van der Waals surface area (Å²) in [5.74, 6) is 0.0344. The van der Waals surface area contributed by atoms with Crippen LogP contribution in [0.25, 0.3) is 10.9 Å². The average molecular weight is 395 g/mol. The summed E-state index contributed by atoms with van der Waals surface area (Å²) in [7, 11) is 1.52. The van der Waals surface area contributed by atoms with Crippen LogP contribution < -0.4 is 10.1 Å². The Labute approximate surface area is 157 Å². The van der Waals surface area contributed by atoms with E-state index < -0.39 is 22.7 Å². The van der Waals surface area contributed by atoms with Crippen molar-refractivity contribution >= 4 is 34.1 Å². The van der Waals surface area contributed by atoms with Gasteiger partial charge in [0.15, 0.2) is 0 Å². The highest BCUT2D eigenvalue weighted by molar-refractivity contribution is 6.31. The quantitative estimate of drug-likeness (QED) is 0.640. The predicted octanol–water partition coefficient (Wildman–Crippen LogP) is 5.48. The van der Waals surface area contributed by atoms with Gasteiger partial charge in [0.25, 0.3) is 5.91 Å². The number of rotatable bonds is 3. The number of carbonyl (C=O) groups excluding carboxylic acids is 1. The largest absolute Gasteiger partial charge is 0.497 e. The van der Waals surface area contributed by atoms with E-state index in [-0.39, 0.29) is 11.3 Å². The molecule has 4 nitrogen and oxygen atoms in total. The van der Waals surface area contributed by atoms with Crippen molar-refractivity contribution in [2.75, 3.05) is 12.4 Å². The van der Waals surface area contributed by atoms with Gasteiger partial charge in [-0.3, -0.25) is 9.78 Å². The van der Waals surface area contributed by atoms with E-state index >= 15 is 0 Å². The third-order valence-electron chi connectivity index (χ3n) is 3.99. The maximum atomic E-state index is 13.0. The summed E-state index contributed by atoms with van der Waals surface area (Å²) in [5, 5.41) is 2.71. The molecule has 0 aliphatic carbocycles. The first-order chi connectivity index (χ1) is 12.7. The van der Waals surface area contributed by atoms with Crippen LogP contribution in [0, 0.1) is 6.92 Å². The number of benzene rings is 2. The van der Waals surface area contributed by atoms with E-state index in [0.29, 0.717) is 22.3 Å². The van der Waals surface area contributed by atoms with Gasteiger partial charge in [0.2, 0.25) is 0 Å². The van der Waals surface area contributed by atoms with Crippen molar-refractivity contribution in [2.24, 2.45) is 0 Å². The lowest BCUT2D eigenvalue weighted by molar-refractivity contribution is -0.137. The molecule has 1 N–H and O–H groups in total. The Kier molecular flexibility index (Phi) is 4.97. The van der Waals surface area contributed by atoms with Gasteiger partial charge in [0.1, 0.15) is 5.75 Å². The molecule has 3 aromatic rings. The Morgan fingerprint density at radius 3 is 2.56 bits per heavy atom. The van der Waals surface area contributed by atoms with Crippen LogP contribution in [-0.4, -0.2) is 18.0 Å². The Hall–Kier alpha value is -2.80. The van der Waals surface area contributed by atoms with Gasteiger partial charge in [0.05, 0.1) is 34.5 Å². The Bertz CT molecular complexity index is 1040. The number of amides is 1. The van der Waals surface area contributed by atoms with Gasteiger partial charge in [-0.15, -0.1) is 0 Å². The number of pyridine rings is 1. The van der Waals surface area contributed by atoms with Crippen molar-refractivity contribution in [3.05, 3.63) is 64.3 Å². The van der Waals surface area contributed by atoms with Gasteiger partial charge in [-0.25, -0.2) is 0 Å². The summed E-state index contributed by atoms with van der Waals surface area (Å²) >= 11 is 5.60. The molecule has 0 bridgehead atoms. The number of ether oxygens (including phenoxy) is 1. The average Bonchev–Trinajstić information content (AvgIpc) is 2.61. The SMILES string of the molecule is COc1ccc2nc(C)c(C(=O)Nc3ccc(Cl)c(C(F)(F)F)c3)cc2c1. The summed E-state index contributed by atoms with van der Waals surface area (Å²) in [6.07, 6.45) is -4.62. The van der Waals surface area contributed by atoms with Crippen LogP contribution in [0.15, 0.2) is 42.5 Å². The molecule has 1 amide bonds. The van der Waals surface area contributed by atoms with E-state index in [1.807, 2.05) is 0 Å². The number of hydrogen-bond acceptors (Lipinski definition) is 3. The molecule has 27 heavy (non-hydrogen) atoms. The lowest BCUT2D eigenvalue weighted by Gasteiger charge is -2.13. The molecule has 0 radical (unpaired) electrons. The minimum Gasteiger partial charge on any atom is -0.497 e. The van der Waals surface area contributed by atoms with E-state index in [0.717, 1.165) is 12.1 Å². The fraction of sp³-hybridized carbons (Fsp3) is 0.158. The molecule has 140 valence electrons. The third kappa shape index (κ3) is 3.98. The molecule has 2 aromatic carbocycles. The number of aromatic nitrogens is 1. The van der Waals surface area contributed by atoms with Gasteiger partial charge >= 0.3 is 6.18 Å². The first-order valence-corrected chi connectivity index (χ1v) is 8.20. The number of methoxy groups -OCH3 is 1. The molecule has 0 saturated heterocycles. The number of aryl methyl sites for hydroxylation is 1. The number of alkyl halides is 3. The number of anilines is 1. The molecule has 0 atom stereocenters. The minimum absolute atomic E-state index is 0.0122. The number of hydrogen-bond donors (Lipinski definition) is 1. The van der Waals surface area contributed by atoms with Gasteiger partial charge in [-0.1, -0.05) is 11.6 Å². The number of nitrogens with zero attached hydrogens (tertiary/aromatic N) is 1. The smallest absolute Gasteiger partial charge is 0.417 e. The standard InChI is InChI=1S/C19H14ClF3N2O2/c1-10-14(8-11-7-13(27-2)4-6-17(11)24-10)18(26)25-12-3-5-16(20)15(9-12)19(21,22)23/h3-9H,1-2H3,(H,25,26). The normalized spacial score (nSPS) is 11.5. The summed E-state index contributed by atoms with van der Waals surface area (Å²) < 4.78 is 44.1. The molecule has 0 unspecified atom stereocenters. The highest BCUT2D eigenvalue weighted by Crippen LogP contribution is 2.36. The molecule has 0 fully saturated rings. The molecule has 0 aliphatic heterocycles. The van der Waals surface area contributed by atoms with Gasteiger partial charge in [-0.05, 0) is 49.4 Å². The monoisotopic (exact) mass is 394 g/mol. The zero-order chi connectivity index (χ0) is 19.8. The summed E-state index contributed by atoms with van der Waals surface area (Å²) in [5.41, 5.74) is 0.354. The summed E-state index contributed by atoms with van der Waals surface area (Å²) in [6.45, 7) is 1.65. The maximum absolute atomic E-state index is 13.0. The van der Waals surface area contributed by atoms with Crippen molar-refractivity contribution in [1.82, 2.24) is 4.98 Å². The van der Waals surface area contributed by atoms with Crippen molar-refractivity contribution < 1.29 is 22.7 Å². The second-order valence-electron chi connectivity index (χ2n) is 5.83. The van der Waals surface area contributed by atoms with Crippen molar-refractivity contribution in [2.45, 2.75) is 13.1 Å². The van der Waals surface area contributed by atoms with E-state index in [1.54, 1.807) is 31.2 Å². The molecule has 0 aliphatic rings. The summed E-state index contributed by atoms with van der Waals surface area (Å²) in [4.78, 5) is 16.9. The molecule has 3 rings (SSSR count). The Balaban J connectivity index is 1.95. The predicted molar refractivity (Wildman–Crippen MR) is 97.4 cm³/mol. The molecular formula is C19H14ClF3N2O2. The number of fused-ring (bicyclic) bond motifs is 1. The first-order valence-electron chi connectivity index (χ1n) is 7.82. The molecule has 0 saturated carbocycles. The fourth-order valence-electron chi connectivity index (χ4n) is 2.63. The van der Waals surface area contributed by atoms with Crippen molar-refractivity contribution in [3.63, 3.8) is 0 Å². The van der Waals surface area contributed by atoms with Gasteiger partial charge in [0, 0.05) is 11.1 Å². The number of nitrogens with one attached hydrogen (secondary N) is 1. The zero-order valence-electron chi connectivity index (χ0n) is 14.3. The Morgan fingerprint density at radius 2 is 1.89 bits per heavy atom. The Morgan fingerprint density at radius 1 is 1.15 bits per heavy atom. The maximum Gasteiger partial charge on any atom is 0.417 e. The second-order valence-corrected chi connectivity index (χ2v) is 6.23. The van der Waals surface area contributed by atoms with Crippen LogP contribution in [0.1, 0.15) is 21.6 Å². The fourth-order valence-corrected chi connectivity index (χ4v) is 2.85. The van der Waals surface area contributed by atoms with Crippen molar-refractivity contribution in [3.8, 4) is 5.75 Å². The summed E-state index contributed by atoms with van der Waals surface area (Å²) in [6, 6.07) is 10.1. The third-order valence-corrected chi connectivity index (χ3v) is 4.32.